The van der Waals surface area contributed by atoms with Crippen molar-refractivity contribution in [2.45, 2.75) is 19.9 Å². The number of nitrogens with zero attached hydrogens (tertiary/aromatic N) is 1. The molecule has 104 valence electrons. The number of amides is 2. The molecule has 1 heterocycles. The van der Waals surface area contributed by atoms with Gasteiger partial charge in [-0.1, -0.05) is 0 Å². The van der Waals surface area contributed by atoms with Crippen LogP contribution < -0.4 is 16.0 Å². The molecule has 0 aliphatic carbocycles. The average Bonchev–Trinajstić information content (AvgIpc) is 2.38. The lowest BCUT2D eigenvalue weighted by atomic mass is 10.2. The Hall–Kier alpha value is -1.63. The third kappa shape index (κ3) is 4.20. The SMILES string of the molecule is CCNC(=O)C(C)NC(=O)c1cc(Br)cnc1NC. The van der Waals surface area contributed by atoms with Gasteiger partial charge in [-0.2, -0.15) is 0 Å². The second-order valence-corrected chi connectivity index (χ2v) is 4.81. The number of hydrogen-bond acceptors (Lipinski definition) is 4. The van der Waals surface area contributed by atoms with Gasteiger partial charge in [-0.05, 0) is 35.8 Å². The van der Waals surface area contributed by atoms with E-state index in [0.717, 1.165) is 0 Å². The van der Waals surface area contributed by atoms with Gasteiger partial charge in [-0.15, -0.1) is 0 Å². The predicted octanol–water partition coefficient (Wildman–Crippen LogP) is 1.14. The van der Waals surface area contributed by atoms with Gasteiger partial charge in [-0.25, -0.2) is 4.98 Å². The Morgan fingerprint density at radius 1 is 1.47 bits per heavy atom. The number of pyridine rings is 1. The third-order valence-corrected chi connectivity index (χ3v) is 2.86. The van der Waals surface area contributed by atoms with Crippen LogP contribution in [-0.2, 0) is 4.79 Å². The quantitative estimate of drug-likeness (QED) is 0.756. The predicted molar refractivity (Wildman–Crippen MR) is 77.1 cm³/mol. The average molecular weight is 329 g/mol. The number of halogens is 1. The number of carbonyl (C=O) groups is 2. The zero-order chi connectivity index (χ0) is 14.4. The second kappa shape index (κ2) is 7.08. The number of nitrogens with one attached hydrogen (secondary N) is 3. The molecule has 0 radical (unpaired) electrons. The van der Waals surface area contributed by atoms with Gasteiger partial charge in [0, 0.05) is 24.3 Å². The van der Waals surface area contributed by atoms with Gasteiger partial charge in [0.1, 0.15) is 11.9 Å². The normalized spacial score (nSPS) is 11.6. The van der Waals surface area contributed by atoms with Gasteiger partial charge in [-0.3, -0.25) is 9.59 Å². The smallest absolute Gasteiger partial charge is 0.255 e. The van der Waals surface area contributed by atoms with Crippen molar-refractivity contribution in [1.29, 1.82) is 0 Å². The highest BCUT2D eigenvalue weighted by atomic mass is 79.9. The molecule has 0 fully saturated rings. The fourth-order valence-corrected chi connectivity index (χ4v) is 1.81. The van der Waals surface area contributed by atoms with Crippen LogP contribution >= 0.6 is 15.9 Å². The monoisotopic (exact) mass is 328 g/mol. The Morgan fingerprint density at radius 3 is 2.74 bits per heavy atom. The molecule has 1 atom stereocenters. The zero-order valence-corrected chi connectivity index (χ0v) is 12.7. The van der Waals surface area contributed by atoms with E-state index in [1.807, 2.05) is 6.92 Å². The van der Waals surface area contributed by atoms with Crippen molar-refractivity contribution in [2.75, 3.05) is 18.9 Å². The summed E-state index contributed by atoms with van der Waals surface area (Å²) in [6, 6.07) is 1.05. The lowest BCUT2D eigenvalue weighted by Crippen LogP contribution is -2.44. The van der Waals surface area contributed by atoms with E-state index in [4.69, 9.17) is 0 Å². The number of carbonyl (C=O) groups excluding carboxylic acids is 2. The molecule has 0 aliphatic rings. The first kappa shape index (κ1) is 15.4. The maximum absolute atomic E-state index is 12.1. The number of rotatable bonds is 5. The first-order valence-electron chi connectivity index (χ1n) is 5.91. The van der Waals surface area contributed by atoms with E-state index < -0.39 is 6.04 Å². The third-order valence-electron chi connectivity index (χ3n) is 2.43. The van der Waals surface area contributed by atoms with Crippen molar-refractivity contribution in [3.63, 3.8) is 0 Å². The molecular formula is C12H17BrN4O2. The van der Waals surface area contributed by atoms with E-state index in [1.165, 1.54) is 0 Å². The molecule has 19 heavy (non-hydrogen) atoms. The number of anilines is 1. The maximum Gasteiger partial charge on any atom is 0.255 e. The largest absolute Gasteiger partial charge is 0.372 e. The van der Waals surface area contributed by atoms with Crippen molar-refractivity contribution < 1.29 is 9.59 Å². The minimum atomic E-state index is -0.601. The van der Waals surface area contributed by atoms with Crippen LogP contribution in [0.25, 0.3) is 0 Å². The Labute approximate surface area is 120 Å². The summed E-state index contributed by atoms with van der Waals surface area (Å²) in [7, 11) is 1.68. The Bertz CT molecular complexity index is 479. The molecule has 3 N–H and O–H groups in total. The Balaban J connectivity index is 2.83. The van der Waals surface area contributed by atoms with Gasteiger partial charge in [0.2, 0.25) is 5.91 Å². The molecule has 7 heteroatoms. The summed E-state index contributed by atoms with van der Waals surface area (Å²) < 4.78 is 0.697. The molecular weight excluding hydrogens is 312 g/mol. The standard InChI is InChI=1S/C12H17BrN4O2/c1-4-15-11(18)7(2)17-12(19)9-5-8(13)6-16-10(9)14-3/h5-7H,4H2,1-3H3,(H,14,16)(H,15,18)(H,17,19). The minimum absolute atomic E-state index is 0.218. The highest BCUT2D eigenvalue weighted by Gasteiger charge is 2.18. The van der Waals surface area contributed by atoms with E-state index in [-0.39, 0.29) is 11.8 Å². The summed E-state index contributed by atoms with van der Waals surface area (Å²) in [6.45, 7) is 3.98. The van der Waals surface area contributed by atoms with Crippen molar-refractivity contribution in [2.24, 2.45) is 0 Å². The van der Waals surface area contributed by atoms with Crippen molar-refractivity contribution in [1.82, 2.24) is 15.6 Å². The second-order valence-electron chi connectivity index (χ2n) is 3.89. The van der Waals surface area contributed by atoms with Crippen LogP contribution in [0, 0.1) is 0 Å². The van der Waals surface area contributed by atoms with Gasteiger partial charge in [0.05, 0.1) is 5.56 Å². The van der Waals surface area contributed by atoms with Crippen molar-refractivity contribution >= 4 is 33.6 Å². The number of aromatic nitrogens is 1. The van der Waals surface area contributed by atoms with Crippen LogP contribution in [0.4, 0.5) is 5.82 Å². The first-order chi connectivity index (χ1) is 8.99. The molecule has 0 aliphatic heterocycles. The summed E-state index contributed by atoms with van der Waals surface area (Å²) >= 11 is 3.26. The van der Waals surface area contributed by atoms with Crippen LogP contribution in [0.2, 0.25) is 0 Å². The van der Waals surface area contributed by atoms with E-state index >= 15 is 0 Å². The fraction of sp³-hybridized carbons (Fsp3) is 0.417. The summed E-state index contributed by atoms with van der Waals surface area (Å²) in [5.74, 6) is -0.106. The van der Waals surface area contributed by atoms with Crippen LogP contribution in [-0.4, -0.2) is 36.4 Å². The highest BCUT2D eigenvalue weighted by molar-refractivity contribution is 9.10. The van der Waals surface area contributed by atoms with E-state index in [9.17, 15) is 9.59 Å². The molecule has 0 bridgehead atoms. The van der Waals surface area contributed by atoms with Crippen molar-refractivity contribution in [3.8, 4) is 0 Å². The van der Waals surface area contributed by atoms with E-state index in [1.54, 1.807) is 26.2 Å². The summed E-state index contributed by atoms with van der Waals surface area (Å²) in [5, 5.41) is 8.12. The van der Waals surface area contributed by atoms with E-state index in [2.05, 4.69) is 36.9 Å². The molecule has 2 amide bonds. The van der Waals surface area contributed by atoms with E-state index in [0.29, 0.717) is 22.4 Å². The molecule has 6 nitrogen and oxygen atoms in total. The van der Waals surface area contributed by atoms with Crippen LogP contribution in [0.3, 0.4) is 0 Å². The number of hydrogen-bond donors (Lipinski definition) is 3. The lowest BCUT2D eigenvalue weighted by Gasteiger charge is -2.14. The Morgan fingerprint density at radius 2 is 2.16 bits per heavy atom. The fourth-order valence-electron chi connectivity index (χ4n) is 1.48. The van der Waals surface area contributed by atoms with Crippen LogP contribution in [0.5, 0.6) is 0 Å². The molecule has 1 rings (SSSR count). The number of likely N-dealkylation sites (N-methyl/N-ethyl adjacent to an activating group) is 1. The van der Waals surface area contributed by atoms with Gasteiger partial charge >= 0.3 is 0 Å². The molecule has 1 unspecified atom stereocenters. The zero-order valence-electron chi connectivity index (χ0n) is 11.1. The minimum Gasteiger partial charge on any atom is -0.372 e. The van der Waals surface area contributed by atoms with Crippen LogP contribution in [0.1, 0.15) is 24.2 Å². The lowest BCUT2D eigenvalue weighted by molar-refractivity contribution is -0.122. The molecule has 0 aromatic carbocycles. The summed E-state index contributed by atoms with van der Waals surface area (Å²) in [4.78, 5) is 27.8. The first-order valence-corrected chi connectivity index (χ1v) is 6.70. The van der Waals surface area contributed by atoms with Gasteiger partial charge < -0.3 is 16.0 Å². The van der Waals surface area contributed by atoms with Gasteiger partial charge in [0.25, 0.3) is 5.91 Å². The van der Waals surface area contributed by atoms with Crippen molar-refractivity contribution in [3.05, 3.63) is 22.3 Å². The van der Waals surface area contributed by atoms with Crippen LogP contribution in [0.15, 0.2) is 16.7 Å². The molecule has 0 saturated carbocycles. The summed E-state index contributed by atoms with van der Waals surface area (Å²) in [5.41, 5.74) is 0.382. The Kier molecular flexibility index (Phi) is 5.75. The molecule has 1 aromatic rings. The maximum atomic E-state index is 12.1. The molecule has 0 spiro atoms. The topological polar surface area (TPSA) is 83.1 Å². The molecule has 0 saturated heterocycles. The highest BCUT2D eigenvalue weighted by Crippen LogP contribution is 2.17. The van der Waals surface area contributed by atoms with Gasteiger partial charge in [0.15, 0.2) is 0 Å². The summed E-state index contributed by atoms with van der Waals surface area (Å²) in [6.07, 6.45) is 1.59. The molecule has 1 aromatic heterocycles.